The van der Waals surface area contributed by atoms with E-state index in [4.69, 9.17) is 0 Å². The van der Waals surface area contributed by atoms with Gasteiger partial charge in [-0.1, -0.05) is 18.2 Å². The van der Waals surface area contributed by atoms with Gasteiger partial charge in [-0.05, 0) is 36.8 Å². The smallest absolute Gasteiger partial charge is 0.307 e. The summed E-state index contributed by atoms with van der Waals surface area (Å²) in [4.78, 5) is 37.9. The zero-order chi connectivity index (χ0) is 18.3. The molecule has 2 fully saturated rings. The van der Waals surface area contributed by atoms with E-state index in [1.165, 1.54) is 5.01 Å². The van der Waals surface area contributed by atoms with Gasteiger partial charge in [-0.25, -0.2) is 5.01 Å². The molecule has 1 N–H and O–H groups in total. The summed E-state index contributed by atoms with van der Waals surface area (Å²) in [5.41, 5.74) is 0.945. The van der Waals surface area contributed by atoms with Crippen molar-refractivity contribution in [1.82, 2.24) is 4.90 Å². The Morgan fingerprint density at radius 2 is 1.81 bits per heavy atom. The van der Waals surface area contributed by atoms with Crippen LogP contribution in [0.1, 0.15) is 32.1 Å². The summed E-state index contributed by atoms with van der Waals surface area (Å²) in [6, 6.07) is 9.09. The van der Waals surface area contributed by atoms with Crippen LogP contribution in [-0.4, -0.2) is 46.6 Å². The zero-order valence-corrected chi connectivity index (χ0v) is 14.4. The second-order valence-corrected chi connectivity index (χ2v) is 7.34. The van der Waals surface area contributed by atoms with Gasteiger partial charge in [0.1, 0.15) is 5.71 Å². The third-order valence-corrected chi connectivity index (χ3v) is 5.81. The van der Waals surface area contributed by atoms with Gasteiger partial charge < -0.3 is 10.0 Å². The number of benzene rings is 1. The monoisotopic (exact) mass is 355 g/mol. The number of nitrogens with zero attached hydrogens (tertiary/aromatic N) is 3. The molecule has 2 aliphatic heterocycles. The molecule has 3 aliphatic rings. The molecule has 0 radical (unpaired) electrons. The van der Waals surface area contributed by atoms with E-state index >= 15 is 0 Å². The number of para-hydroxylation sites is 1. The van der Waals surface area contributed by atoms with Crippen LogP contribution in [0.5, 0.6) is 0 Å². The molecular weight excluding hydrogens is 334 g/mol. The van der Waals surface area contributed by atoms with Crippen molar-refractivity contribution in [2.45, 2.75) is 32.1 Å². The standard InChI is InChI=1S/C19H21N3O4/c23-16-7-6-15(20-22(16)13-4-2-1-3-5-13)17(24)21-10-8-19(9-11-21)12-14(19)18(25)26/h1-5,14H,6-12H2,(H,25,26). The minimum Gasteiger partial charge on any atom is -0.481 e. The van der Waals surface area contributed by atoms with E-state index in [0.29, 0.717) is 30.9 Å². The highest BCUT2D eigenvalue weighted by Gasteiger charge is 2.59. The molecule has 136 valence electrons. The Kier molecular flexibility index (Phi) is 4.01. The van der Waals surface area contributed by atoms with E-state index < -0.39 is 5.97 Å². The molecular formula is C19H21N3O4. The quantitative estimate of drug-likeness (QED) is 0.896. The molecule has 1 atom stereocenters. The van der Waals surface area contributed by atoms with Crippen LogP contribution in [0.15, 0.2) is 35.4 Å². The fourth-order valence-corrected chi connectivity index (χ4v) is 4.07. The molecule has 0 bridgehead atoms. The van der Waals surface area contributed by atoms with E-state index in [0.717, 1.165) is 19.3 Å². The van der Waals surface area contributed by atoms with E-state index in [1.54, 1.807) is 17.0 Å². The van der Waals surface area contributed by atoms with E-state index in [1.807, 2.05) is 18.2 Å². The van der Waals surface area contributed by atoms with Crippen molar-refractivity contribution in [2.75, 3.05) is 18.1 Å². The van der Waals surface area contributed by atoms with Crippen LogP contribution in [0.25, 0.3) is 0 Å². The molecule has 1 spiro atoms. The van der Waals surface area contributed by atoms with Gasteiger partial charge in [0, 0.05) is 25.9 Å². The molecule has 1 aromatic carbocycles. The van der Waals surface area contributed by atoms with Gasteiger partial charge >= 0.3 is 5.97 Å². The Labute approximate surface area is 151 Å². The Bertz CT molecular complexity index is 781. The maximum atomic E-state index is 12.8. The zero-order valence-electron chi connectivity index (χ0n) is 14.4. The SMILES string of the molecule is O=C(O)C1CC12CCN(C(=O)C1=NN(c3ccccc3)C(=O)CC1)CC2. The van der Waals surface area contributed by atoms with Crippen LogP contribution in [0, 0.1) is 11.3 Å². The van der Waals surface area contributed by atoms with Crippen LogP contribution in [0.3, 0.4) is 0 Å². The number of piperidine rings is 1. The van der Waals surface area contributed by atoms with Crippen molar-refractivity contribution < 1.29 is 19.5 Å². The normalized spacial score (nSPS) is 24.4. The van der Waals surface area contributed by atoms with Gasteiger partial charge in [0.15, 0.2) is 0 Å². The average molecular weight is 355 g/mol. The number of rotatable bonds is 3. The first kappa shape index (κ1) is 16.8. The van der Waals surface area contributed by atoms with Crippen LogP contribution in [0.2, 0.25) is 0 Å². The van der Waals surface area contributed by atoms with E-state index in [9.17, 15) is 19.5 Å². The first-order valence-electron chi connectivity index (χ1n) is 8.98. The number of carboxylic acids is 1. The summed E-state index contributed by atoms with van der Waals surface area (Å²) in [6.45, 7) is 1.11. The lowest BCUT2D eigenvalue weighted by Crippen LogP contribution is -2.45. The van der Waals surface area contributed by atoms with Crippen molar-refractivity contribution >= 4 is 29.2 Å². The van der Waals surface area contributed by atoms with Crippen molar-refractivity contribution in [2.24, 2.45) is 16.4 Å². The van der Waals surface area contributed by atoms with Crippen molar-refractivity contribution in [3.8, 4) is 0 Å². The third kappa shape index (κ3) is 2.87. The van der Waals surface area contributed by atoms with Crippen LogP contribution in [-0.2, 0) is 14.4 Å². The number of anilines is 1. The van der Waals surface area contributed by atoms with Gasteiger partial charge in [-0.3, -0.25) is 14.4 Å². The summed E-state index contributed by atoms with van der Waals surface area (Å²) in [6.07, 6.45) is 2.79. The van der Waals surface area contributed by atoms with Gasteiger partial charge in [0.05, 0.1) is 11.6 Å². The molecule has 1 unspecified atom stereocenters. The van der Waals surface area contributed by atoms with Gasteiger partial charge in [0.25, 0.3) is 5.91 Å². The summed E-state index contributed by atoms with van der Waals surface area (Å²) < 4.78 is 0. The number of carbonyl (C=O) groups excluding carboxylic acids is 2. The van der Waals surface area contributed by atoms with Crippen LogP contribution >= 0.6 is 0 Å². The number of hydrogen-bond acceptors (Lipinski definition) is 4. The molecule has 7 heteroatoms. The fraction of sp³-hybridized carbons (Fsp3) is 0.474. The first-order valence-corrected chi connectivity index (χ1v) is 8.98. The maximum absolute atomic E-state index is 12.8. The number of hydrazone groups is 1. The minimum atomic E-state index is -0.724. The Balaban J connectivity index is 1.45. The van der Waals surface area contributed by atoms with Crippen molar-refractivity contribution in [3.05, 3.63) is 30.3 Å². The van der Waals surface area contributed by atoms with E-state index in [2.05, 4.69) is 5.10 Å². The Morgan fingerprint density at radius 1 is 1.12 bits per heavy atom. The summed E-state index contributed by atoms with van der Waals surface area (Å²) >= 11 is 0. The van der Waals surface area contributed by atoms with Crippen LogP contribution in [0.4, 0.5) is 5.69 Å². The topological polar surface area (TPSA) is 90.3 Å². The Hall–Kier alpha value is -2.70. The number of aliphatic carboxylic acids is 1. The molecule has 1 aliphatic carbocycles. The highest BCUT2D eigenvalue weighted by Crippen LogP contribution is 2.59. The number of likely N-dealkylation sites (tertiary alicyclic amines) is 1. The minimum absolute atomic E-state index is 0.108. The molecule has 2 heterocycles. The highest BCUT2D eigenvalue weighted by molar-refractivity contribution is 6.40. The lowest BCUT2D eigenvalue weighted by Gasteiger charge is -2.33. The predicted octanol–water partition coefficient (Wildman–Crippen LogP) is 1.88. The maximum Gasteiger partial charge on any atom is 0.307 e. The van der Waals surface area contributed by atoms with Crippen molar-refractivity contribution in [1.29, 1.82) is 0 Å². The van der Waals surface area contributed by atoms with Gasteiger partial charge in [-0.2, -0.15) is 5.10 Å². The number of amides is 2. The molecule has 1 saturated heterocycles. The summed E-state index contributed by atoms with van der Waals surface area (Å²) in [5.74, 6) is -1.23. The first-order chi connectivity index (χ1) is 12.5. The lowest BCUT2D eigenvalue weighted by atomic mass is 9.90. The Morgan fingerprint density at radius 3 is 2.42 bits per heavy atom. The number of carbonyl (C=O) groups is 3. The average Bonchev–Trinajstić information content (AvgIpc) is 3.37. The molecule has 4 rings (SSSR count). The molecule has 0 aromatic heterocycles. The second kappa shape index (κ2) is 6.23. The summed E-state index contributed by atoms with van der Waals surface area (Å²) in [7, 11) is 0. The number of hydrogen-bond donors (Lipinski definition) is 1. The predicted molar refractivity (Wildman–Crippen MR) is 94.6 cm³/mol. The molecule has 1 aromatic rings. The molecule has 26 heavy (non-hydrogen) atoms. The molecule has 7 nitrogen and oxygen atoms in total. The van der Waals surface area contributed by atoms with Crippen molar-refractivity contribution in [3.63, 3.8) is 0 Å². The summed E-state index contributed by atoms with van der Waals surface area (Å²) in [5, 5.41) is 14.8. The highest BCUT2D eigenvalue weighted by atomic mass is 16.4. The third-order valence-electron chi connectivity index (χ3n) is 5.81. The van der Waals surface area contributed by atoms with Gasteiger partial charge in [-0.15, -0.1) is 0 Å². The van der Waals surface area contributed by atoms with Gasteiger partial charge in [0.2, 0.25) is 5.91 Å². The van der Waals surface area contributed by atoms with Crippen LogP contribution < -0.4 is 5.01 Å². The van der Waals surface area contributed by atoms with E-state index in [-0.39, 0.29) is 29.6 Å². The molecule has 1 saturated carbocycles. The number of carboxylic acid groups (broad SMARTS) is 1. The fourth-order valence-electron chi connectivity index (χ4n) is 4.07. The lowest BCUT2D eigenvalue weighted by molar-refractivity contribution is -0.139. The largest absolute Gasteiger partial charge is 0.481 e. The second-order valence-electron chi connectivity index (χ2n) is 7.34. The molecule has 2 amide bonds.